The SMILES string of the molecule is CS(=O)(=O)Nc1ccc(/C=C/C(=O)NCC(c2ccccc2)N2CCCC2)cc1. The first-order chi connectivity index (χ1) is 13.9. The molecule has 1 unspecified atom stereocenters. The maximum Gasteiger partial charge on any atom is 0.244 e. The van der Waals surface area contributed by atoms with Gasteiger partial charge in [-0.3, -0.25) is 14.4 Å². The van der Waals surface area contributed by atoms with Gasteiger partial charge in [0.2, 0.25) is 15.9 Å². The number of benzene rings is 2. The Balaban J connectivity index is 1.57. The smallest absolute Gasteiger partial charge is 0.244 e. The quantitative estimate of drug-likeness (QED) is 0.652. The summed E-state index contributed by atoms with van der Waals surface area (Å²) in [6.45, 7) is 2.67. The maximum atomic E-state index is 12.3. The van der Waals surface area contributed by atoms with Crippen molar-refractivity contribution in [1.29, 1.82) is 0 Å². The van der Waals surface area contributed by atoms with E-state index in [9.17, 15) is 13.2 Å². The summed E-state index contributed by atoms with van der Waals surface area (Å²) in [6.07, 6.45) is 6.72. The molecule has 1 amide bonds. The molecular weight excluding hydrogens is 386 g/mol. The van der Waals surface area contributed by atoms with Crippen LogP contribution < -0.4 is 10.0 Å². The summed E-state index contributed by atoms with van der Waals surface area (Å²) < 4.78 is 24.9. The summed E-state index contributed by atoms with van der Waals surface area (Å²) in [4.78, 5) is 14.7. The van der Waals surface area contributed by atoms with Crippen molar-refractivity contribution in [1.82, 2.24) is 10.2 Å². The Morgan fingerprint density at radius 2 is 1.72 bits per heavy atom. The number of hydrogen-bond acceptors (Lipinski definition) is 4. The van der Waals surface area contributed by atoms with Gasteiger partial charge in [0.15, 0.2) is 0 Å². The molecule has 2 aromatic rings. The fourth-order valence-electron chi connectivity index (χ4n) is 3.49. The third-order valence-corrected chi connectivity index (χ3v) is 5.48. The van der Waals surface area contributed by atoms with Crippen LogP contribution in [0.4, 0.5) is 5.69 Å². The molecule has 1 aliphatic rings. The third kappa shape index (κ3) is 6.73. The molecule has 0 radical (unpaired) electrons. The molecule has 0 aliphatic carbocycles. The van der Waals surface area contributed by atoms with E-state index < -0.39 is 10.0 Å². The fourth-order valence-corrected chi connectivity index (χ4v) is 4.05. The van der Waals surface area contributed by atoms with E-state index in [-0.39, 0.29) is 11.9 Å². The number of carbonyl (C=O) groups is 1. The first kappa shape index (κ1) is 21.1. The van der Waals surface area contributed by atoms with Gasteiger partial charge in [0, 0.05) is 18.3 Å². The Morgan fingerprint density at radius 1 is 1.07 bits per heavy atom. The molecule has 2 aromatic carbocycles. The fraction of sp³-hybridized carbons (Fsp3) is 0.318. The molecule has 0 saturated carbocycles. The van der Waals surface area contributed by atoms with Crippen LogP contribution in [0.15, 0.2) is 60.7 Å². The van der Waals surface area contributed by atoms with E-state index in [4.69, 9.17) is 0 Å². The van der Waals surface area contributed by atoms with Gasteiger partial charge < -0.3 is 5.32 Å². The monoisotopic (exact) mass is 413 g/mol. The Labute approximate surface area is 172 Å². The van der Waals surface area contributed by atoms with E-state index >= 15 is 0 Å². The van der Waals surface area contributed by atoms with E-state index in [1.165, 1.54) is 24.5 Å². The summed E-state index contributed by atoms with van der Waals surface area (Å²) in [7, 11) is -3.30. The van der Waals surface area contributed by atoms with Gasteiger partial charge in [-0.05, 0) is 55.3 Å². The number of nitrogens with one attached hydrogen (secondary N) is 2. The van der Waals surface area contributed by atoms with E-state index in [1.807, 2.05) is 18.2 Å². The van der Waals surface area contributed by atoms with Crippen molar-refractivity contribution in [2.24, 2.45) is 0 Å². The van der Waals surface area contributed by atoms with Crippen molar-refractivity contribution < 1.29 is 13.2 Å². The summed E-state index contributed by atoms with van der Waals surface area (Å²) in [5.41, 5.74) is 2.52. The molecule has 6 nitrogen and oxygen atoms in total. The lowest BCUT2D eigenvalue weighted by Crippen LogP contribution is -2.36. The number of likely N-dealkylation sites (tertiary alicyclic amines) is 1. The van der Waals surface area contributed by atoms with Gasteiger partial charge in [0.25, 0.3) is 0 Å². The molecule has 1 saturated heterocycles. The zero-order valence-corrected chi connectivity index (χ0v) is 17.4. The number of hydrogen-bond donors (Lipinski definition) is 2. The van der Waals surface area contributed by atoms with Crippen LogP contribution in [0.2, 0.25) is 0 Å². The normalized spacial score (nSPS) is 16.0. The lowest BCUT2D eigenvalue weighted by atomic mass is 10.1. The number of amides is 1. The zero-order chi connectivity index (χ0) is 20.7. The second-order valence-electron chi connectivity index (χ2n) is 7.24. The van der Waals surface area contributed by atoms with Crippen LogP contribution in [0.5, 0.6) is 0 Å². The second kappa shape index (κ2) is 9.71. The second-order valence-corrected chi connectivity index (χ2v) is 8.99. The lowest BCUT2D eigenvalue weighted by Gasteiger charge is -2.28. The summed E-state index contributed by atoms with van der Waals surface area (Å²) in [5.74, 6) is -0.150. The van der Waals surface area contributed by atoms with Crippen LogP contribution in [-0.2, 0) is 14.8 Å². The van der Waals surface area contributed by atoms with E-state index in [0.717, 1.165) is 24.9 Å². The number of nitrogens with zero attached hydrogens (tertiary/aromatic N) is 1. The minimum atomic E-state index is -3.30. The van der Waals surface area contributed by atoms with Gasteiger partial charge in [0.1, 0.15) is 0 Å². The van der Waals surface area contributed by atoms with Crippen LogP contribution in [0.3, 0.4) is 0 Å². The third-order valence-electron chi connectivity index (χ3n) is 4.88. The highest BCUT2D eigenvalue weighted by atomic mass is 32.2. The van der Waals surface area contributed by atoms with Crippen LogP contribution in [0.25, 0.3) is 6.08 Å². The van der Waals surface area contributed by atoms with E-state index in [2.05, 4.69) is 27.1 Å². The topological polar surface area (TPSA) is 78.5 Å². The summed E-state index contributed by atoms with van der Waals surface area (Å²) >= 11 is 0. The number of anilines is 1. The van der Waals surface area contributed by atoms with Gasteiger partial charge >= 0.3 is 0 Å². The van der Waals surface area contributed by atoms with Crippen molar-refractivity contribution >= 4 is 27.7 Å². The maximum absolute atomic E-state index is 12.3. The Morgan fingerprint density at radius 3 is 2.34 bits per heavy atom. The molecule has 29 heavy (non-hydrogen) atoms. The zero-order valence-electron chi connectivity index (χ0n) is 16.5. The molecule has 3 rings (SSSR count). The van der Waals surface area contributed by atoms with Crippen molar-refractivity contribution in [2.75, 3.05) is 30.6 Å². The van der Waals surface area contributed by atoms with Crippen molar-refractivity contribution in [3.63, 3.8) is 0 Å². The lowest BCUT2D eigenvalue weighted by molar-refractivity contribution is -0.116. The molecule has 1 aliphatic heterocycles. The molecule has 154 valence electrons. The summed E-state index contributed by atoms with van der Waals surface area (Å²) in [6, 6.07) is 17.3. The molecule has 1 atom stereocenters. The first-order valence-electron chi connectivity index (χ1n) is 9.73. The van der Waals surface area contributed by atoms with Crippen LogP contribution >= 0.6 is 0 Å². The van der Waals surface area contributed by atoms with Crippen LogP contribution in [0, 0.1) is 0 Å². The molecule has 0 bridgehead atoms. The van der Waals surface area contributed by atoms with E-state index in [0.29, 0.717) is 12.2 Å². The molecule has 1 heterocycles. The molecule has 7 heteroatoms. The minimum Gasteiger partial charge on any atom is -0.351 e. The molecular formula is C22H27N3O3S. The van der Waals surface area contributed by atoms with Gasteiger partial charge in [-0.2, -0.15) is 0 Å². The standard InChI is InChI=1S/C22H27N3O3S/c1-29(27,28)24-20-12-9-18(10-13-20)11-14-22(26)23-17-21(25-15-5-6-16-25)19-7-3-2-4-8-19/h2-4,7-14,21,24H,5-6,15-17H2,1H3,(H,23,26)/b14-11+. The first-order valence-corrected chi connectivity index (χ1v) is 11.6. The minimum absolute atomic E-state index is 0.150. The predicted molar refractivity (Wildman–Crippen MR) is 117 cm³/mol. The molecule has 0 aromatic heterocycles. The highest BCUT2D eigenvalue weighted by Gasteiger charge is 2.23. The van der Waals surface area contributed by atoms with Gasteiger partial charge in [-0.25, -0.2) is 8.42 Å². The van der Waals surface area contributed by atoms with Gasteiger partial charge in [-0.1, -0.05) is 42.5 Å². The van der Waals surface area contributed by atoms with Crippen molar-refractivity contribution in [2.45, 2.75) is 18.9 Å². The average Bonchev–Trinajstić information content (AvgIpc) is 3.22. The number of carbonyl (C=O) groups excluding carboxylic acids is 1. The molecule has 2 N–H and O–H groups in total. The highest BCUT2D eigenvalue weighted by molar-refractivity contribution is 7.92. The highest BCUT2D eigenvalue weighted by Crippen LogP contribution is 2.24. The van der Waals surface area contributed by atoms with E-state index in [1.54, 1.807) is 30.3 Å². The van der Waals surface area contributed by atoms with Gasteiger partial charge in [0.05, 0.1) is 12.3 Å². The Bertz CT molecular complexity index is 935. The molecule has 0 spiro atoms. The Hall–Kier alpha value is -2.64. The van der Waals surface area contributed by atoms with Crippen molar-refractivity contribution in [3.8, 4) is 0 Å². The Kier molecular flexibility index (Phi) is 7.06. The average molecular weight is 414 g/mol. The number of rotatable bonds is 8. The predicted octanol–water partition coefficient (Wildman–Crippen LogP) is 3.02. The van der Waals surface area contributed by atoms with Crippen LogP contribution in [0.1, 0.15) is 30.0 Å². The van der Waals surface area contributed by atoms with Crippen LogP contribution in [-0.4, -0.2) is 45.1 Å². The molecule has 1 fully saturated rings. The van der Waals surface area contributed by atoms with Crippen molar-refractivity contribution in [3.05, 3.63) is 71.8 Å². The largest absolute Gasteiger partial charge is 0.351 e. The van der Waals surface area contributed by atoms with Gasteiger partial charge in [-0.15, -0.1) is 0 Å². The number of sulfonamides is 1. The summed E-state index contributed by atoms with van der Waals surface area (Å²) in [5, 5.41) is 3.01.